The normalized spacial score (nSPS) is 26.2. The minimum Gasteiger partial charge on any atom is -0.298 e. The quantitative estimate of drug-likeness (QED) is 0.792. The van der Waals surface area contributed by atoms with Crippen LogP contribution in [0.2, 0.25) is 0 Å². The van der Waals surface area contributed by atoms with Crippen LogP contribution in [0, 0.1) is 0 Å². The minimum absolute atomic E-state index is 0.138. The van der Waals surface area contributed by atoms with Crippen molar-refractivity contribution in [1.29, 1.82) is 0 Å². The molecule has 3 unspecified atom stereocenters. The highest BCUT2D eigenvalue weighted by molar-refractivity contribution is 8.08. The Bertz CT molecular complexity index is 471. The molecule has 1 fully saturated rings. The number of rotatable bonds is 6. The first-order chi connectivity index (χ1) is 10.0. The van der Waals surface area contributed by atoms with Crippen LogP contribution in [0.25, 0.3) is 0 Å². The van der Waals surface area contributed by atoms with Crippen LogP contribution in [0.3, 0.4) is 0 Å². The third-order valence-electron chi connectivity index (χ3n) is 4.25. The Labute approximate surface area is 136 Å². The van der Waals surface area contributed by atoms with E-state index in [4.69, 9.17) is 0 Å². The summed E-state index contributed by atoms with van der Waals surface area (Å²) in [4.78, 5) is 12.5. The van der Waals surface area contributed by atoms with E-state index in [9.17, 15) is 4.79 Å². The largest absolute Gasteiger partial charge is 0.298 e. The fourth-order valence-corrected chi connectivity index (χ4v) is 5.47. The lowest BCUT2D eigenvalue weighted by Gasteiger charge is -2.30. The number of carbonyl (C=O) groups excluding carboxylic acids is 1. The van der Waals surface area contributed by atoms with Gasteiger partial charge in [-0.1, -0.05) is 27.7 Å². The monoisotopic (exact) mass is 326 g/mol. The maximum Gasteiger partial charge on any atom is 0.152 e. The maximum atomic E-state index is 12.5. The van der Waals surface area contributed by atoms with Gasteiger partial charge in [-0.15, -0.1) is 11.8 Å². The molecule has 3 atom stereocenters. The van der Waals surface area contributed by atoms with Crippen molar-refractivity contribution in [3.8, 4) is 0 Å². The van der Waals surface area contributed by atoms with Crippen molar-refractivity contribution in [3.63, 3.8) is 0 Å². The highest BCUT2D eigenvalue weighted by atomic mass is 32.2. The molecule has 0 N–H and O–H groups in total. The zero-order chi connectivity index (χ0) is 15.4. The van der Waals surface area contributed by atoms with Crippen LogP contribution in [0.5, 0.6) is 0 Å². The predicted molar refractivity (Wildman–Crippen MR) is 93.3 cm³/mol. The van der Waals surface area contributed by atoms with Gasteiger partial charge in [0.05, 0.1) is 23.4 Å². The van der Waals surface area contributed by atoms with E-state index in [-0.39, 0.29) is 5.25 Å². The van der Waals surface area contributed by atoms with Crippen LogP contribution in [-0.2, 0) is 11.2 Å². The number of ketones is 1. The summed E-state index contributed by atoms with van der Waals surface area (Å²) in [6.07, 6.45) is 4.66. The highest BCUT2D eigenvalue weighted by Gasteiger charge is 2.30. The number of aromatic nitrogens is 2. The summed E-state index contributed by atoms with van der Waals surface area (Å²) >= 11 is 3.76. The smallest absolute Gasteiger partial charge is 0.152 e. The first-order valence-corrected chi connectivity index (χ1v) is 9.88. The lowest BCUT2D eigenvalue weighted by Crippen LogP contribution is -2.32. The van der Waals surface area contributed by atoms with Gasteiger partial charge in [0.25, 0.3) is 0 Å². The molecule has 1 aromatic rings. The molecule has 1 saturated heterocycles. The molecule has 0 aromatic carbocycles. The lowest BCUT2D eigenvalue weighted by molar-refractivity contribution is -0.117. The third kappa shape index (κ3) is 4.28. The number of thioether (sulfide) groups is 2. The summed E-state index contributed by atoms with van der Waals surface area (Å²) in [6.45, 7) is 8.84. The van der Waals surface area contributed by atoms with Crippen LogP contribution in [0.1, 0.15) is 52.3 Å². The summed E-state index contributed by atoms with van der Waals surface area (Å²) < 4.78 is 2.02. The Kier molecular flexibility index (Phi) is 6.23. The molecular weight excluding hydrogens is 300 g/mol. The first-order valence-electron chi connectivity index (χ1n) is 7.88. The van der Waals surface area contributed by atoms with Crippen LogP contribution in [0.15, 0.2) is 12.3 Å². The summed E-state index contributed by atoms with van der Waals surface area (Å²) in [5, 5.41) is 5.94. The van der Waals surface area contributed by atoms with Crippen molar-refractivity contribution in [1.82, 2.24) is 9.78 Å². The van der Waals surface area contributed by atoms with Gasteiger partial charge in [0, 0.05) is 22.4 Å². The van der Waals surface area contributed by atoms with E-state index in [0.29, 0.717) is 28.7 Å². The second kappa shape index (κ2) is 7.73. The van der Waals surface area contributed by atoms with E-state index in [0.717, 1.165) is 24.3 Å². The average Bonchev–Trinajstić information content (AvgIpc) is 2.91. The van der Waals surface area contributed by atoms with Crippen molar-refractivity contribution < 1.29 is 4.79 Å². The Morgan fingerprint density at radius 2 is 2.10 bits per heavy atom. The fourth-order valence-electron chi connectivity index (χ4n) is 2.58. The zero-order valence-corrected chi connectivity index (χ0v) is 15.0. The number of hydrogen-bond acceptors (Lipinski definition) is 4. The van der Waals surface area contributed by atoms with Gasteiger partial charge in [-0.05, 0) is 18.9 Å². The SMILES string of the molecule is CCC(CC)n1ccc(CC(=O)C2CSC(C)C(C)S2)n1. The standard InChI is InChI=1S/C16H26N2OS2/c1-5-14(6-2)18-8-7-13(17-18)9-15(19)16-10-20-11(3)12(4)21-16/h7-8,11-12,14,16H,5-6,9-10H2,1-4H3. The summed E-state index contributed by atoms with van der Waals surface area (Å²) in [5.74, 6) is 1.28. The molecule has 0 radical (unpaired) electrons. The van der Waals surface area contributed by atoms with E-state index < -0.39 is 0 Å². The number of nitrogens with zero attached hydrogens (tertiary/aromatic N) is 2. The summed E-state index contributed by atoms with van der Waals surface area (Å²) in [5.41, 5.74) is 0.920. The van der Waals surface area contributed by atoms with Crippen molar-refractivity contribution in [2.45, 2.75) is 68.7 Å². The third-order valence-corrected chi connectivity index (χ3v) is 7.68. The van der Waals surface area contributed by atoms with Gasteiger partial charge in [-0.25, -0.2) is 0 Å². The van der Waals surface area contributed by atoms with Crippen LogP contribution >= 0.6 is 23.5 Å². The van der Waals surface area contributed by atoms with E-state index in [2.05, 4.69) is 32.8 Å². The van der Waals surface area contributed by atoms with Crippen molar-refractivity contribution in [2.24, 2.45) is 0 Å². The molecule has 118 valence electrons. The Balaban J connectivity index is 1.94. The van der Waals surface area contributed by atoms with Gasteiger partial charge in [0.1, 0.15) is 0 Å². The second-order valence-corrected chi connectivity index (χ2v) is 8.76. The van der Waals surface area contributed by atoms with Gasteiger partial charge in [-0.3, -0.25) is 9.48 Å². The topological polar surface area (TPSA) is 34.9 Å². The predicted octanol–water partition coefficient (Wildman–Crippen LogP) is 3.98. The zero-order valence-electron chi connectivity index (χ0n) is 13.4. The molecule has 1 aliphatic rings. The van der Waals surface area contributed by atoms with Crippen molar-refractivity contribution >= 4 is 29.3 Å². The van der Waals surface area contributed by atoms with Crippen LogP contribution in [0.4, 0.5) is 0 Å². The molecule has 1 aromatic heterocycles. The summed E-state index contributed by atoms with van der Waals surface area (Å²) in [7, 11) is 0. The molecule has 3 nitrogen and oxygen atoms in total. The Morgan fingerprint density at radius 1 is 1.38 bits per heavy atom. The van der Waals surface area contributed by atoms with Gasteiger partial charge in [0.2, 0.25) is 0 Å². The van der Waals surface area contributed by atoms with Gasteiger partial charge in [0.15, 0.2) is 5.78 Å². The molecule has 0 bridgehead atoms. The Morgan fingerprint density at radius 3 is 2.71 bits per heavy atom. The van der Waals surface area contributed by atoms with Crippen molar-refractivity contribution in [3.05, 3.63) is 18.0 Å². The molecule has 5 heteroatoms. The van der Waals surface area contributed by atoms with E-state index in [1.807, 2.05) is 40.5 Å². The number of Topliss-reactive ketones (excluding diaryl/α,β-unsaturated/α-hetero) is 1. The Hall–Kier alpha value is -0.420. The molecule has 0 spiro atoms. The van der Waals surface area contributed by atoms with Crippen LogP contribution < -0.4 is 0 Å². The molecule has 0 amide bonds. The van der Waals surface area contributed by atoms with Gasteiger partial charge < -0.3 is 0 Å². The first kappa shape index (κ1) is 16.9. The van der Waals surface area contributed by atoms with E-state index in [1.54, 1.807) is 0 Å². The molecule has 1 aliphatic heterocycles. The van der Waals surface area contributed by atoms with Crippen LogP contribution in [-0.4, -0.2) is 37.1 Å². The highest BCUT2D eigenvalue weighted by Crippen LogP contribution is 2.36. The van der Waals surface area contributed by atoms with Crippen molar-refractivity contribution in [2.75, 3.05) is 5.75 Å². The maximum absolute atomic E-state index is 12.5. The van der Waals surface area contributed by atoms with E-state index in [1.165, 1.54) is 0 Å². The molecule has 21 heavy (non-hydrogen) atoms. The average molecular weight is 327 g/mol. The molecule has 0 saturated carbocycles. The minimum atomic E-state index is 0.138. The molecular formula is C16H26N2OS2. The number of hydrogen-bond donors (Lipinski definition) is 0. The molecule has 2 rings (SSSR count). The van der Waals surface area contributed by atoms with E-state index >= 15 is 0 Å². The second-order valence-electron chi connectivity index (χ2n) is 5.77. The molecule has 2 heterocycles. The van der Waals surface area contributed by atoms with Gasteiger partial charge >= 0.3 is 0 Å². The number of carbonyl (C=O) groups is 1. The lowest BCUT2D eigenvalue weighted by atomic mass is 10.2. The van der Waals surface area contributed by atoms with Gasteiger partial charge in [-0.2, -0.15) is 16.9 Å². The molecule has 0 aliphatic carbocycles. The summed E-state index contributed by atoms with van der Waals surface area (Å²) in [6, 6.07) is 2.46. The fraction of sp³-hybridized carbons (Fsp3) is 0.750.